The van der Waals surface area contributed by atoms with E-state index in [0.29, 0.717) is 0 Å². The summed E-state index contributed by atoms with van der Waals surface area (Å²) in [6, 6.07) is 0. The molecule has 7 heavy (non-hydrogen) atoms. The first-order valence-electron chi connectivity index (χ1n) is 2.49. The van der Waals surface area contributed by atoms with Crippen LogP contribution in [0.2, 0.25) is 0 Å². The molecule has 0 saturated carbocycles. The van der Waals surface area contributed by atoms with E-state index in [4.69, 9.17) is 4.12 Å². The summed E-state index contributed by atoms with van der Waals surface area (Å²) in [5.41, 5.74) is 0. The molecule has 1 heterocycles. The normalized spacial score (nSPS) is 30.9. The fraction of sp³-hybridized carbons (Fsp3) is 1.00. The van der Waals surface area contributed by atoms with Gasteiger partial charge >= 0.3 is 0 Å². The first-order chi connectivity index (χ1) is 3.50. The molecule has 0 bridgehead atoms. The summed E-state index contributed by atoms with van der Waals surface area (Å²) in [5, 5.41) is 0. The number of rotatable bonds is 0. The van der Waals surface area contributed by atoms with Gasteiger partial charge in [-0.25, -0.2) is 0 Å². The highest BCUT2D eigenvalue weighted by Gasteiger charge is 1.93. The maximum Gasteiger partial charge on any atom is 0.225 e. The second-order valence-electron chi connectivity index (χ2n) is 1.49. The molecule has 1 fully saturated rings. The van der Waals surface area contributed by atoms with E-state index in [0.717, 1.165) is 13.1 Å². The van der Waals surface area contributed by atoms with Gasteiger partial charge in [0.25, 0.3) is 0 Å². The van der Waals surface area contributed by atoms with E-state index in [1.807, 2.05) is 0 Å². The van der Waals surface area contributed by atoms with Crippen molar-refractivity contribution in [1.82, 2.24) is 9.96 Å². The molecule has 0 aromatic carbocycles. The third-order valence-electron chi connectivity index (χ3n) is 0.887. The number of hydrogen-bond acceptors (Lipinski definition) is 3. The Kier molecular flexibility index (Phi) is 2.60. The van der Waals surface area contributed by atoms with Crippen molar-refractivity contribution >= 4 is 19.8 Å². The standard InChI is InChI=1S/C2H10N2OSi2/c1-2-4-7-5-6-3-1/h3-4H,1-2,6-7H2. The van der Waals surface area contributed by atoms with Crippen molar-refractivity contribution in [2.45, 2.75) is 0 Å². The van der Waals surface area contributed by atoms with Gasteiger partial charge in [-0.05, 0) is 0 Å². The molecule has 5 heteroatoms. The minimum absolute atomic E-state index is 0.277. The topological polar surface area (TPSA) is 33.3 Å². The van der Waals surface area contributed by atoms with E-state index >= 15 is 0 Å². The molecule has 0 spiro atoms. The van der Waals surface area contributed by atoms with E-state index in [1.54, 1.807) is 0 Å². The van der Waals surface area contributed by atoms with Crippen LogP contribution >= 0.6 is 0 Å². The predicted molar refractivity (Wildman–Crippen MR) is 34.2 cm³/mol. The molecule has 1 rings (SSSR count). The third-order valence-corrected chi connectivity index (χ3v) is 3.64. The van der Waals surface area contributed by atoms with E-state index in [1.165, 1.54) is 0 Å². The smallest absolute Gasteiger partial charge is 0.225 e. The molecule has 1 saturated heterocycles. The highest BCUT2D eigenvalue weighted by molar-refractivity contribution is 6.39. The lowest BCUT2D eigenvalue weighted by atomic mass is 10.7. The van der Waals surface area contributed by atoms with E-state index in [2.05, 4.69) is 9.96 Å². The zero-order chi connectivity index (χ0) is 4.95. The van der Waals surface area contributed by atoms with Crippen molar-refractivity contribution in [2.24, 2.45) is 0 Å². The molecule has 0 atom stereocenters. The Hall–Kier alpha value is 0.314. The van der Waals surface area contributed by atoms with Crippen LogP contribution < -0.4 is 9.96 Å². The van der Waals surface area contributed by atoms with Crippen LogP contribution in [0, 0.1) is 0 Å². The molecule has 1 aliphatic rings. The molecule has 1 aliphatic heterocycles. The van der Waals surface area contributed by atoms with Crippen LogP contribution in [0.3, 0.4) is 0 Å². The highest BCUT2D eigenvalue weighted by atomic mass is 28.3. The Bertz CT molecular complexity index is 33.3. The molecule has 0 aromatic rings. The predicted octanol–water partition coefficient (Wildman–Crippen LogP) is -2.81. The molecular formula is C2H10N2OSi2. The molecule has 0 aliphatic carbocycles. The van der Waals surface area contributed by atoms with Gasteiger partial charge in [0, 0.05) is 13.1 Å². The number of nitrogens with one attached hydrogen (secondary N) is 2. The molecular weight excluding hydrogens is 124 g/mol. The molecule has 42 valence electrons. The maximum atomic E-state index is 5.25. The van der Waals surface area contributed by atoms with Crippen LogP contribution in [0.1, 0.15) is 0 Å². The van der Waals surface area contributed by atoms with Crippen molar-refractivity contribution in [3.05, 3.63) is 0 Å². The van der Waals surface area contributed by atoms with Crippen LogP contribution in [-0.2, 0) is 4.12 Å². The van der Waals surface area contributed by atoms with Gasteiger partial charge < -0.3 is 14.1 Å². The summed E-state index contributed by atoms with van der Waals surface area (Å²) in [6.07, 6.45) is 0. The zero-order valence-electron chi connectivity index (χ0n) is 4.24. The quantitative estimate of drug-likeness (QED) is 0.351. The van der Waals surface area contributed by atoms with Crippen LogP contribution in [0.4, 0.5) is 0 Å². The molecule has 0 aromatic heterocycles. The average Bonchev–Trinajstić information content (AvgIpc) is 1.90. The van der Waals surface area contributed by atoms with Crippen LogP contribution in [-0.4, -0.2) is 32.9 Å². The summed E-state index contributed by atoms with van der Waals surface area (Å²) in [4.78, 5) is 6.47. The Morgan fingerprint density at radius 2 is 1.71 bits per heavy atom. The summed E-state index contributed by atoms with van der Waals surface area (Å²) < 4.78 is 5.25. The zero-order valence-corrected chi connectivity index (χ0v) is 7.07. The Balaban J connectivity index is 2.04. The van der Waals surface area contributed by atoms with Gasteiger partial charge in [0.2, 0.25) is 19.8 Å². The van der Waals surface area contributed by atoms with Crippen LogP contribution in [0.5, 0.6) is 0 Å². The summed E-state index contributed by atoms with van der Waals surface area (Å²) in [5.74, 6) is 0. The SMILES string of the molecule is C1CN[SiH2]O[SiH2]N1. The van der Waals surface area contributed by atoms with Gasteiger partial charge in [0.05, 0.1) is 0 Å². The van der Waals surface area contributed by atoms with Crippen molar-refractivity contribution in [1.29, 1.82) is 0 Å². The molecule has 0 radical (unpaired) electrons. The largest absolute Gasteiger partial charge is 0.442 e. The number of hydrogen-bond donors (Lipinski definition) is 2. The van der Waals surface area contributed by atoms with E-state index in [-0.39, 0.29) is 19.8 Å². The summed E-state index contributed by atoms with van der Waals surface area (Å²) in [7, 11) is -0.554. The Morgan fingerprint density at radius 3 is 2.29 bits per heavy atom. The molecule has 2 N–H and O–H groups in total. The fourth-order valence-electron chi connectivity index (χ4n) is 0.516. The first kappa shape index (κ1) is 5.45. The fourth-order valence-corrected chi connectivity index (χ4v) is 2.72. The average molecular weight is 134 g/mol. The molecule has 0 unspecified atom stereocenters. The van der Waals surface area contributed by atoms with Crippen molar-refractivity contribution < 1.29 is 4.12 Å². The molecule has 0 amide bonds. The first-order valence-corrected chi connectivity index (χ1v) is 5.06. The van der Waals surface area contributed by atoms with Crippen molar-refractivity contribution in [2.75, 3.05) is 13.1 Å². The van der Waals surface area contributed by atoms with Gasteiger partial charge in [-0.3, -0.25) is 0 Å². The minimum atomic E-state index is -0.277. The molecule has 3 nitrogen and oxygen atoms in total. The Morgan fingerprint density at radius 1 is 1.14 bits per heavy atom. The van der Waals surface area contributed by atoms with Gasteiger partial charge in [-0.2, -0.15) is 0 Å². The van der Waals surface area contributed by atoms with Crippen molar-refractivity contribution in [3.8, 4) is 0 Å². The van der Waals surface area contributed by atoms with Gasteiger partial charge in [0.1, 0.15) is 0 Å². The lowest BCUT2D eigenvalue weighted by Crippen LogP contribution is -2.23. The second kappa shape index (κ2) is 3.33. The lowest BCUT2D eigenvalue weighted by molar-refractivity contribution is 0.623. The van der Waals surface area contributed by atoms with Crippen LogP contribution in [0.25, 0.3) is 0 Å². The Labute approximate surface area is 47.9 Å². The summed E-state index contributed by atoms with van der Waals surface area (Å²) >= 11 is 0. The van der Waals surface area contributed by atoms with Crippen LogP contribution in [0.15, 0.2) is 0 Å². The van der Waals surface area contributed by atoms with Gasteiger partial charge in [-0.15, -0.1) is 0 Å². The van der Waals surface area contributed by atoms with Gasteiger partial charge in [-0.1, -0.05) is 0 Å². The minimum Gasteiger partial charge on any atom is -0.442 e. The highest BCUT2D eigenvalue weighted by Crippen LogP contribution is 1.65. The third kappa shape index (κ3) is 2.20. The van der Waals surface area contributed by atoms with E-state index < -0.39 is 0 Å². The lowest BCUT2D eigenvalue weighted by Gasteiger charge is -1.92. The second-order valence-corrected chi connectivity index (χ2v) is 4.70. The van der Waals surface area contributed by atoms with Crippen molar-refractivity contribution in [3.63, 3.8) is 0 Å². The monoisotopic (exact) mass is 134 g/mol. The van der Waals surface area contributed by atoms with E-state index in [9.17, 15) is 0 Å². The maximum absolute atomic E-state index is 5.25. The summed E-state index contributed by atoms with van der Waals surface area (Å²) in [6.45, 7) is 2.22. The van der Waals surface area contributed by atoms with Gasteiger partial charge in [0.15, 0.2) is 0 Å².